The second-order valence-electron chi connectivity index (χ2n) is 5.92. The molecule has 0 unspecified atom stereocenters. The Morgan fingerprint density at radius 2 is 1.78 bits per heavy atom. The van der Waals surface area contributed by atoms with Crippen LogP contribution in [0.3, 0.4) is 0 Å². The Morgan fingerprint density at radius 1 is 1.15 bits per heavy atom. The molecule has 0 aromatic heterocycles. The number of anilines is 1. The lowest BCUT2D eigenvalue weighted by molar-refractivity contribution is 0.0796. The summed E-state index contributed by atoms with van der Waals surface area (Å²) in [6.07, 6.45) is 0. The Kier molecular flexibility index (Phi) is 8.20. The zero-order valence-electron chi connectivity index (χ0n) is 15.3. The highest BCUT2D eigenvalue weighted by Crippen LogP contribution is 2.20. The number of benzene rings is 2. The molecule has 0 saturated carbocycles. The van der Waals surface area contributed by atoms with Crippen molar-refractivity contribution in [2.24, 2.45) is 0 Å². The van der Waals surface area contributed by atoms with Crippen molar-refractivity contribution in [3.05, 3.63) is 59.4 Å². The van der Waals surface area contributed by atoms with E-state index in [2.05, 4.69) is 10.0 Å². The Labute approximate surface area is 165 Å². The number of halogens is 2. The van der Waals surface area contributed by atoms with Gasteiger partial charge in [-0.3, -0.25) is 9.52 Å². The van der Waals surface area contributed by atoms with Crippen molar-refractivity contribution in [1.82, 2.24) is 10.2 Å². The van der Waals surface area contributed by atoms with E-state index in [1.807, 2.05) is 0 Å². The molecule has 0 aliphatic rings. The minimum atomic E-state index is -3.90. The number of aryl methyl sites for hydroxylation is 1. The second-order valence-corrected chi connectivity index (χ2v) is 7.60. The van der Waals surface area contributed by atoms with Gasteiger partial charge in [0.05, 0.1) is 4.90 Å². The second kappa shape index (κ2) is 9.68. The van der Waals surface area contributed by atoms with E-state index in [1.165, 1.54) is 41.3 Å². The maximum atomic E-state index is 13.0. The number of hydrogen-bond donors (Lipinski definition) is 2. The molecular formula is C18H23ClFN3O3S. The molecule has 1 amide bonds. The van der Waals surface area contributed by atoms with Gasteiger partial charge >= 0.3 is 0 Å². The lowest BCUT2D eigenvalue weighted by Crippen LogP contribution is -2.33. The molecule has 0 radical (unpaired) electrons. The summed E-state index contributed by atoms with van der Waals surface area (Å²) in [5, 5.41) is 2.96. The Balaban J connectivity index is 0.00000364. The van der Waals surface area contributed by atoms with Crippen LogP contribution in [0.25, 0.3) is 0 Å². The third-order valence-corrected chi connectivity index (χ3v) is 5.27. The number of sulfonamides is 1. The molecule has 27 heavy (non-hydrogen) atoms. The fourth-order valence-corrected chi connectivity index (χ4v) is 3.40. The molecule has 0 spiro atoms. The topological polar surface area (TPSA) is 78.5 Å². The molecule has 0 saturated heterocycles. The van der Waals surface area contributed by atoms with Gasteiger partial charge in [0.1, 0.15) is 5.82 Å². The van der Waals surface area contributed by atoms with Gasteiger partial charge in [0.25, 0.3) is 15.9 Å². The average Bonchev–Trinajstić information content (AvgIpc) is 2.61. The minimum absolute atomic E-state index is 0. The highest BCUT2D eigenvalue weighted by atomic mass is 35.5. The molecule has 148 valence electrons. The first-order chi connectivity index (χ1) is 12.2. The number of carbonyl (C=O) groups excluding carboxylic acids is 1. The van der Waals surface area contributed by atoms with Gasteiger partial charge in [-0.25, -0.2) is 12.8 Å². The van der Waals surface area contributed by atoms with Crippen LogP contribution in [0.2, 0.25) is 0 Å². The number of nitrogens with one attached hydrogen (secondary N) is 2. The van der Waals surface area contributed by atoms with Crippen LogP contribution < -0.4 is 10.0 Å². The van der Waals surface area contributed by atoms with Crippen LogP contribution in [0.4, 0.5) is 10.1 Å². The Hall–Kier alpha value is -2.16. The SMILES string of the molecule is CNCCN(C)C(=O)c1cc(S(=O)(=O)Nc2ccc(F)cc2)ccc1C.Cl. The van der Waals surface area contributed by atoms with Crippen LogP contribution in [-0.2, 0) is 10.0 Å². The maximum absolute atomic E-state index is 13.0. The summed E-state index contributed by atoms with van der Waals surface area (Å²) in [6, 6.07) is 9.39. The van der Waals surface area contributed by atoms with Crippen LogP contribution in [0, 0.1) is 12.7 Å². The highest BCUT2D eigenvalue weighted by molar-refractivity contribution is 7.92. The van der Waals surface area contributed by atoms with Crippen LogP contribution in [0.15, 0.2) is 47.4 Å². The first-order valence-corrected chi connectivity index (χ1v) is 9.52. The van der Waals surface area contributed by atoms with Gasteiger partial charge in [-0.15, -0.1) is 12.4 Å². The molecule has 0 bridgehead atoms. The summed E-state index contributed by atoms with van der Waals surface area (Å²) in [6.45, 7) is 2.88. The van der Waals surface area contributed by atoms with Crippen LogP contribution in [0.5, 0.6) is 0 Å². The van der Waals surface area contributed by atoms with E-state index in [9.17, 15) is 17.6 Å². The normalized spacial score (nSPS) is 10.8. The number of amides is 1. The first kappa shape index (κ1) is 22.9. The molecule has 0 fully saturated rings. The molecule has 0 atom stereocenters. The lowest BCUT2D eigenvalue weighted by atomic mass is 10.1. The number of hydrogen-bond acceptors (Lipinski definition) is 4. The number of rotatable bonds is 7. The van der Waals surface area contributed by atoms with Crippen molar-refractivity contribution in [3.8, 4) is 0 Å². The van der Waals surface area contributed by atoms with Crippen molar-refractivity contribution in [2.75, 3.05) is 31.9 Å². The lowest BCUT2D eigenvalue weighted by Gasteiger charge is -2.19. The van der Waals surface area contributed by atoms with E-state index in [0.717, 1.165) is 0 Å². The van der Waals surface area contributed by atoms with Crippen LogP contribution >= 0.6 is 12.4 Å². The maximum Gasteiger partial charge on any atom is 0.261 e. The van der Waals surface area contributed by atoms with Gasteiger partial charge in [0, 0.05) is 31.4 Å². The molecule has 2 rings (SSSR count). The van der Waals surface area contributed by atoms with Gasteiger partial charge in [-0.2, -0.15) is 0 Å². The van der Waals surface area contributed by atoms with Gasteiger partial charge in [-0.1, -0.05) is 6.07 Å². The number of likely N-dealkylation sites (N-methyl/N-ethyl adjacent to an activating group) is 2. The van der Waals surface area contributed by atoms with E-state index in [1.54, 1.807) is 27.1 Å². The summed E-state index contributed by atoms with van der Waals surface area (Å²) in [7, 11) is -0.444. The standard InChI is InChI=1S/C18H22FN3O3S.ClH/c1-13-4-9-16(12-17(13)18(23)22(3)11-10-20-2)26(24,25)21-15-7-5-14(19)6-8-15;/h4-9,12,20-21H,10-11H2,1-3H3;1H. The van der Waals surface area contributed by atoms with Crippen molar-refractivity contribution in [3.63, 3.8) is 0 Å². The van der Waals surface area contributed by atoms with Crippen LogP contribution in [-0.4, -0.2) is 46.4 Å². The quantitative estimate of drug-likeness (QED) is 0.728. The first-order valence-electron chi connectivity index (χ1n) is 8.03. The van der Waals surface area contributed by atoms with Crippen molar-refractivity contribution < 1.29 is 17.6 Å². The zero-order chi connectivity index (χ0) is 19.3. The highest BCUT2D eigenvalue weighted by Gasteiger charge is 2.20. The summed E-state index contributed by atoms with van der Waals surface area (Å²) in [5.41, 5.74) is 1.25. The summed E-state index contributed by atoms with van der Waals surface area (Å²) < 4.78 is 40.5. The monoisotopic (exact) mass is 415 g/mol. The van der Waals surface area contributed by atoms with Gasteiger partial charge in [0.2, 0.25) is 0 Å². The smallest absolute Gasteiger partial charge is 0.261 e. The number of carbonyl (C=O) groups is 1. The molecule has 9 heteroatoms. The molecule has 2 aromatic carbocycles. The van der Waals surface area contributed by atoms with E-state index in [-0.39, 0.29) is 28.9 Å². The average molecular weight is 416 g/mol. The van der Waals surface area contributed by atoms with Gasteiger partial charge < -0.3 is 10.2 Å². The zero-order valence-corrected chi connectivity index (χ0v) is 17.0. The third-order valence-electron chi connectivity index (χ3n) is 3.89. The number of nitrogens with zero attached hydrogens (tertiary/aromatic N) is 1. The molecule has 2 N–H and O–H groups in total. The molecular weight excluding hydrogens is 393 g/mol. The summed E-state index contributed by atoms with van der Waals surface area (Å²) in [4.78, 5) is 14.1. The largest absolute Gasteiger partial charge is 0.340 e. The van der Waals surface area contributed by atoms with E-state index in [4.69, 9.17) is 0 Å². The van der Waals surface area contributed by atoms with E-state index < -0.39 is 15.8 Å². The fraction of sp³-hybridized carbons (Fsp3) is 0.278. The molecule has 2 aromatic rings. The molecule has 0 heterocycles. The third kappa shape index (κ3) is 5.92. The van der Waals surface area contributed by atoms with Crippen molar-refractivity contribution >= 4 is 34.0 Å². The summed E-state index contributed by atoms with van der Waals surface area (Å²) >= 11 is 0. The van der Waals surface area contributed by atoms with Gasteiger partial charge in [0.15, 0.2) is 0 Å². The molecule has 0 aliphatic heterocycles. The van der Waals surface area contributed by atoms with E-state index in [0.29, 0.717) is 24.2 Å². The predicted molar refractivity (Wildman–Crippen MR) is 107 cm³/mol. The summed E-state index contributed by atoms with van der Waals surface area (Å²) in [5.74, 6) is -0.711. The van der Waals surface area contributed by atoms with Crippen LogP contribution in [0.1, 0.15) is 15.9 Å². The van der Waals surface area contributed by atoms with Crippen molar-refractivity contribution in [2.45, 2.75) is 11.8 Å². The van der Waals surface area contributed by atoms with E-state index >= 15 is 0 Å². The molecule has 0 aliphatic carbocycles. The molecule has 6 nitrogen and oxygen atoms in total. The fourth-order valence-electron chi connectivity index (χ4n) is 2.32. The van der Waals surface area contributed by atoms with Gasteiger partial charge in [-0.05, 0) is 55.9 Å². The Morgan fingerprint density at radius 3 is 2.37 bits per heavy atom. The Bertz CT molecular complexity index is 889. The van der Waals surface area contributed by atoms with Crippen molar-refractivity contribution in [1.29, 1.82) is 0 Å². The minimum Gasteiger partial charge on any atom is -0.340 e. The predicted octanol–water partition coefficient (Wildman–Crippen LogP) is 2.65.